The molecule has 2 amide bonds. The van der Waals surface area contributed by atoms with E-state index < -0.39 is 0 Å². The van der Waals surface area contributed by atoms with Crippen LogP contribution >= 0.6 is 22.7 Å². The second-order valence-corrected chi connectivity index (χ2v) is 8.07. The van der Waals surface area contributed by atoms with Crippen LogP contribution in [0.5, 0.6) is 0 Å². The van der Waals surface area contributed by atoms with E-state index in [0.717, 1.165) is 19.6 Å². The lowest BCUT2D eigenvalue weighted by atomic mass is 10.2. The van der Waals surface area contributed by atoms with Crippen LogP contribution in [0, 0.1) is 0 Å². The van der Waals surface area contributed by atoms with E-state index in [0.29, 0.717) is 19.1 Å². The van der Waals surface area contributed by atoms with Gasteiger partial charge in [0.2, 0.25) is 0 Å². The van der Waals surface area contributed by atoms with Gasteiger partial charge in [-0.25, -0.2) is 4.79 Å². The third-order valence-corrected chi connectivity index (χ3v) is 6.33. The number of likely N-dealkylation sites (tertiary alicyclic amines) is 1. The normalized spacial score (nSPS) is 16.2. The van der Waals surface area contributed by atoms with Gasteiger partial charge in [0.05, 0.1) is 12.6 Å². The first kappa shape index (κ1) is 17.5. The summed E-state index contributed by atoms with van der Waals surface area (Å²) in [7, 11) is 0. The maximum atomic E-state index is 12.6. The first-order valence-corrected chi connectivity index (χ1v) is 10.4. The maximum Gasteiger partial charge on any atom is 0.317 e. The molecule has 1 atom stereocenters. The Morgan fingerprint density at radius 2 is 2.00 bits per heavy atom. The number of amides is 2. The minimum atomic E-state index is 0.0339. The molecule has 1 aliphatic rings. The molecule has 24 heavy (non-hydrogen) atoms. The number of hydrogen-bond donors (Lipinski definition) is 1. The summed E-state index contributed by atoms with van der Waals surface area (Å²) in [4.78, 5) is 19.5. The smallest absolute Gasteiger partial charge is 0.317 e. The molecule has 130 valence electrons. The molecule has 0 aliphatic carbocycles. The second-order valence-electron chi connectivity index (χ2n) is 6.05. The fourth-order valence-electron chi connectivity index (χ4n) is 3.16. The lowest BCUT2D eigenvalue weighted by Crippen LogP contribution is -2.43. The first-order valence-electron chi connectivity index (χ1n) is 8.60. The molecule has 2 aromatic rings. The van der Waals surface area contributed by atoms with Crippen LogP contribution in [0.2, 0.25) is 0 Å². The van der Waals surface area contributed by atoms with E-state index in [4.69, 9.17) is 0 Å². The summed E-state index contributed by atoms with van der Waals surface area (Å²) >= 11 is 3.48. The average molecular weight is 364 g/mol. The number of nitrogens with one attached hydrogen (secondary N) is 1. The van der Waals surface area contributed by atoms with Crippen LogP contribution in [0.1, 0.15) is 35.6 Å². The van der Waals surface area contributed by atoms with Gasteiger partial charge in [0, 0.05) is 22.8 Å². The largest absolute Gasteiger partial charge is 0.336 e. The minimum Gasteiger partial charge on any atom is -0.336 e. The van der Waals surface area contributed by atoms with Crippen LogP contribution in [0.4, 0.5) is 4.79 Å². The standard InChI is InChI=1S/C18H25N3OS2/c1-2-20(14-15-7-5-11-23-15)18(22)19-13-16(17-8-6-12-24-17)21-9-3-4-10-21/h5-8,11-12,16H,2-4,9-10,13-14H2,1H3,(H,19,22). The Balaban J connectivity index is 1.59. The van der Waals surface area contributed by atoms with E-state index in [-0.39, 0.29) is 6.03 Å². The molecule has 0 aromatic carbocycles. The topological polar surface area (TPSA) is 35.6 Å². The monoisotopic (exact) mass is 363 g/mol. The summed E-state index contributed by atoms with van der Waals surface area (Å²) < 4.78 is 0. The van der Waals surface area contributed by atoms with Gasteiger partial charge in [0.25, 0.3) is 0 Å². The zero-order valence-electron chi connectivity index (χ0n) is 14.1. The molecule has 1 saturated heterocycles. The molecule has 0 spiro atoms. The highest BCUT2D eigenvalue weighted by Crippen LogP contribution is 2.27. The minimum absolute atomic E-state index is 0.0339. The van der Waals surface area contributed by atoms with Gasteiger partial charge < -0.3 is 10.2 Å². The molecular weight excluding hydrogens is 338 g/mol. The van der Waals surface area contributed by atoms with Crippen LogP contribution < -0.4 is 5.32 Å². The van der Waals surface area contributed by atoms with Crippen LogP contribution in [0.25, 0.3) is 0 Å². The lowest BCUT2D eigenvalue weighted by Gasteiger charge is -2.28. The zero-order valence-corrected chi connectivity index (χ0v) is 15.7. The number of carbonyl (C=O) groups is 1. The van der Waals surface area contributed by atoms with Gasteiger partial charge in [0.15, 0.2) is 0 Å². The van der Waals surface area contributed by atoms with E-state index in [1.54, 1.807) is 22.7 Å². The van der Waals surface area contributed by atoms with E-state index in [1.165, 1.54) is 22.6 Å². The number of rotatable bonds is 7. The van der Waals surface area contributed by atoms with Crippen molar-refractivity contribution in [3.63, 3.8) is 0 Å². The number of hydrogen-bond acceptors (Lipinski definition) is 4. The van der Waals surface area contributed by atoms with Gasteiger partial charge in [-0.15, -0.1) is 22.7 Å². The average Bonchev–Trinajstić information content (AvgIpc) is 3.34. The Kier molecular flexibility index (Phi) is 6.29. The van der Waals surface area contributed by atoms with Crippen LogP contribution in [-0.2, 0) is 6.54 Å². The predicted molar refractivity (Wildman–Crippen MR) is 102 cm³/mol. The second kappa shape index (κ2) is 8.65. The predicted octanol–water partition coefficient (Wildman–Crippen LogP) is 4.18. The summed E-state index contributed by atoms with van der Waals surface area (Å²) in [5, 5.41) is 7.35. The summed E-state index contributed by atoms with van der Waals surface area (Å²) in [5.74, 6) is 0. The quantitative estimate of drug-likeness (QED) is 0.801. The van der Waals surface area contributed by atoms with Crippen molar-refractivity contribution in [3.8, 4) is 0 Å². The van der Waals surface area contributed by atoms with E-state index in [2.05, 4.69) is 39.2 Å². The lowest BCUT2D eigenvalue weighted by molar-refractivity contribution is 0.189. The van der Waals surface area contributed by atoms with Crippen LogP contribution in [0.3, 0.4) is 0 Å². The molecule has 6 heteroatoms. The highest BCUT2D eigenvalue weighted by Gasteiger charge is 2.25. The number of thiophene rings is 2. The fourth-order valence-corrected chi connectivity index (χ4v) is 4.74. The van der Waals surface area contributed by atoms with Crippen molar-refractivity contribution >= 4 is 28.7 Å². The molecule has 0 bridgehead atoms. The molecule has 1 N–H and O–H groups in total. The summed E-state index contributed by atoms with van der Waals surface area (Å²) in [6, 6.07) is 8.73. The number of urea groups is 1. The van der Waals surface area contributed by atoms with Crippen molar-refractivity contribution in [3.05, 3.63) is 44.8 Å². The first-order chi connectivity index (χ1) is 11.8. The molecule has 1 fully saturated rings. The van der Waals surface area contributed by atoms with Gasteiger partial charge in [0.1, 0.15) is 0 Å². The van der Waals surface area contributed by atoms with E-state index in [9.17, 15) is 4.79 Å². The zero-order chi connectivity index (χ0) is 16.8. The Hall–Kier alpha value is -1.37. The Bertz CT molecular complexity index is 606. The highest BCUT2D eigenvalue weighted by atomic mass is 32.1. The third kappa shape index (κ3) is 4.37. The fraction of sp³-hybridized carbons (Fsp3) is 0.500. The van der Waals surface area contributed by atoms with Gasteiger partial charge in [-0.3, -0.25) is 4.90 Å². The van der Waals surface area contributed by atoms with Crippen molar-refractivity contribution in [2.24, 2.45) is 0 Å². The van der Waals surface area contributed by atoms with Crippen LogP contribution in [0.15, 0.2) is 35.0 Å². The molecule has 1 aliphatic heterocycles. The summed E-state index contributed by atoms with van der Waals surface area (Å²) in [6.45, 7) is 6.38. The highest BCUT2D eigenvalue weighted by molar-refractivity contribution is 7.10. The SMILES string of the molecule is CCN(Cc1cccs1)C(=O)NCC(c1cccs1)N1CCCC1. The summed E-state index contributed by atoms with van der Waals surface area (Å²) in [5.41, 5.74) is 0. The third-order valence-electron chi connectivity index (χ3n) is 4.50. The van der Waals surface area contributed by atoms with Gasteiger partial charge in [-0.05, 0) is 55.7 Å². The molecule has 4 nitrogen and oxygen atoms in total. The molecule has 2 aromatic heterocycles. The van der Waals surface area contributed by atoms with Crippen molar-refractivity contribution < 1.29 is 4.79 Å². The van der Waals surface area contributed by atoms with E-state index >= 15 is 0 Å². The molecule has 3 rings (SSSR count). The van der Waals surface area contributed by atoms with Gasteiger partial charge >= 0.3 is 6.03 Å². The Morgan fingerprint density at radius 3 is 2.62 bits per heavy atom. The molecule has 0 radical (unpaired) electrons. The number of carbonyl (C=O) groups excluding carboxylic acids is 1. The van der Waals surface area contributed by atoms with Crippen LogP contribution in [-0.4, -0.2) is 42.0 Å². The van der Waals surface area contributed by atoms with Gasteiger partial charge in [-0.1, -0.05) is 12.1 Å². The molecule has 1 unspecified atom stereocenters. The van der Waals surface area contributed by atoms with Crippen molar-refractivity contribution in [2.45, 2.75) is 32.4 Å². The Morgan fingerprint density at radius 1 is 1.25 bits per heavy atom. The van der Waals surface area contributed by atoms with Crippen molar-refractivity contribution in [2.75, 3.05) is 26.2 Å². The molecule has 0 saturated carbocycles. The number of nitrogens with zero attached hydrogens (tertiary/aromatic N) is 2. The molecule has 3 heterocycles. The van der Waals surface area contributed by atoms with E-state index in [1.807, 2.05) is 17.9 Å². The maximum absolute atomic E-state index is 12.6. The van der Waals surface area contributed by atoms with Crippen molar-refractivity contribution in [1.29, 1.82) is 0 Å². The molecular formula is C18H25N3OS2. The summed E-state index contributed by atoms with van der Waals surface area (Å²) in [6.07, 6.45) is 2.52. The Labute approximate surface area is 152 Å². The van der Waals surface area contributed by atoms with Crippen molar-refractivity contribution in [1.82, 2.24) is 15.1 Å². The van der Waals surface area contributed by atoms with Gasteiger partial charge in [-0.2, -0.15) is 0 Å².